The number of hydrogen-bond acceptors (Lipinski definition) is 3. The van der Waals surface area contributed by atoms with Crippen molar-refractivity contribution < 1.29 is 19.9 Å². The van der Waals surface area contributed by atoms with Crippen LogP contribution in [-0.2, 0) is 0 Å². The molecule has 17 heavy (non-hydrogen) atoms. The summed E-state index contributed by atoms with van der Waals surface area (Å²) in [6.07, 6.45) is 3.37. The van der Waals surface area contributed by atoms with E-state index in [2.05, 4.69) is 0 Å². The van der Waals surface area contributed by atoms with E-state index in [1.54, 1.807) is 12.4 Å². The van der Waals surface area contributed by atoms with Gasteiger partial charge in [-0.05, 0) is 21.6 Å². The van der Waals surface area contributed by atoms with Crippen molar-refractivity contribution in [2.24, 2.45) is 0 Å². The number of rotatable bonds is 4. The Bertz CT molecular complexity index is 395. The molecule has 0 aromatic carbocycles. The van der Waals surface area contributed by atoms with E-state index in [4.69, 9.17) is 0 Å². The van der Waals surface area contributed by atoms with Crippen molar-refractivity contribution in [1.29, 1.82) is 0 Å². The number of hydrogen-bond donors (Lipinski definition) is 2. The average Bonchev–Trinajstić information content (AvgIpc) is 2.65. The van der Waals surface area contributed by atoms with Crippen LogP contribution >= 0.6 is 11.3 Å². The highest BCUT2D eigenvalue weighted by Crippen LogP contribution is 2.12. The Labute approximate surface area is 106 Å². The van der Waals surface area contributed by atoms with Crippen LogP contribution in [0.15, 0.2) is 12.1 Å². The standard InChI is InChI=1S/C12H20N2O2S/c1-9(2)13(15)7-11-5-6-12(17-11)8-14(16)10(3)4/h5-10,15-16H,1-4H3/q+2/b13-7+,14-8+. The molecule has 4 nitrogen and oxygen atoms in total. The zero-order valence-corrected chi connectivity index (χ0v) is 11.5. The molecule has 1 aromatic rings. The summed E-state index contributed by atoms with van der Waals surface area (Å²) in [6.45, 7) is 7.63. The van der Waals surface area contributed by atoms with E-state index in [1.807, 2.05) is 39.8 Å². The van der Waals surface area contributed by atoms with Crippen molar-refractivity contribution in [2.45, 2.75) is 39.8 Å². The molecule has 0 fully saturated rings. The summed E-state index contributed by atoms with van der Waals surface area (Å²) in [5.74, 6) is 0. The normalized spacial score (nSPS) is 13.8. The smallest absolute Gasteiger partial charge is 0.232 e. The largest absolute Gasteiger partial charge is 0.291 e. The Morgan fingerprint density at radius 2 is 1.29 bits per heavy atom. The van der Waals surface area contributed by atoms with E-state index in [-0.39, 0.29) is 12.1 Å². The average molecular weight is 256 g/mol. The molecule has 0 aliphatic carbocycles. The monoisotopic (exact) mass is 256 g/mol. The van der Waals surface area contributed by atoms with Crippen molar-refractivity contribution >= 4 is 23.8 Å². The van der Waals surface area contributed by atoms with E-state index in [0.29, 0.717) is 0 Å². The van der Waals surface area contributed by atoms with Crippen LogP contribution in [-0.4, -0.2) is 44.4 Å². The van der Waals surface area contributed by atoms with Gasteiger partial charge in [-0.3, -0.25) is 10.4 Å². The van der Waals surface area contributed by atoms with Crippen molar-refractivity contribution in [3.05, 3.63) is 21.9 Å². The summed E-state index contributed by atoms with van der Waals surface area (Å²) < 4.78 is 2.35. The molecule has 0 bridgehead atoms. The Hall–Kier alpha value is -1.36. The van der Waals surface area contributed by atoms with Crippen LogP contribution in [0.2, 0.25) is 0 Å². The quantitative estimate of drug-likeness (QED) is 0.375. The molecule has 0 spiro atoms. The molecule has 5 heteroatoms. The van der Waals surface area contributed by atoms with Crippen LogP contribution in [0.25, 0.3) is 0 Å². The minimum atomic E-state index is 0.0505. The minimum absolute atomic E-state index is 0.0505. The molecule has 94 valence electrons. The van der Waals surface area contributed by atoms with Gasteiger partial charge in [0.1, 0.15) is 0 Å². The summed E-state index contributed by atoms with van der Waals surface area (Å²) in [5, 5.41) is 19.1. The first-order valence-corrected chi connectivity index (χ1v) is 6.45. The topological polar surface area (TPSA) is 46.5 Å². The van der Waals surface area contributed by atoms with Gasteiger partial charge in [0.2, 0.25) is 12.4 Å². The van der Waals surface area contributed by atoms with Gasteiger partial charge in [0, 0.05) is 27.7 Å². The van der Waals surface area contributed by atoms with Crippen molar-refractivity contribution in [1.82, 2.24) is 0 Å². The molecule has 1 aromatic heterocycles. The molecule has 0 amide bonds. The molecule has 0 saturated heterocycles. The van der Waals surface area contributed by atoms with E-state index in [9.17, 15) is 10.4 Å². The van der Waals surface area contributed by atoms with E-state index < -0.39 is 0 Å². The predicted octanol–water partition coefficient (Wildman–Crippen LogP) is 2.21. The molecule has 0 saturated carbocycles. The van der Waals surface area contributed by atoms with Gasteiger partial charge < -0.3 is 0 Å². The highest BCUT2D eigenvalue weighted by molar-refractivity contribution is 7.15. The fourth-order valence-corrected chi connectivity index (χ4v) is 1.93. The van der Waals surface area contributed by atoms with Crippen molar-refractivity contribution in [2.75, 3.05) is 0 Å². The van der Waals surface area contributed by atoms with Gasteiger partial charge in [-0.15, -0.1) is 11.3 Å². The molecule has 0 unspecified atom stereocenters. The van der Waals surface area contributed by atoms with Gasteiger partial charge in [0.05, 0.1) is 9.75 Å². The zero-order valence-electron chi connectivity index (χ0n) is 10.7. The van der Waals surface area contributed by atoms with Crippen molar-refractivity contribution in [3.8, 4) is 0 Å². The Balaban J connectivity index is 2.86. The highest BCUT2D eigenvalue weighted by atomic mass is 32.1. The van der Waals surface area contributed by atoms with Crippen LogP contribution in [0, 0.1) is 0 Å². The van der Waals surface area contributed by atoms with E-state index in [0.717, 1.165) is 9.75 Å². The van der Waals surface area contributed by atoms with E-state index in [1.165, 1.54) is 20.8 Å². The lowest BCUT2D eigenvalue weighted by Gasteiger charge is -1.94. The fraction of sp³-hybridized carbons (Fsp3) is 0.500. The summed E-state index contributed by atoms with van der Waals surface area (Å²) in [6, 6.07) is 3.93. The first kappa shape index (κ1) is 13.7. The van der Waals surface area contributed by atoms with E-state index >= 15 is 0 Å². The predicted molar refractivity (Wildman–Crippen MR) is 69.0 cm³/mol. The SMILES string of the molecule is CC(C)/[N+](O)=C\c1ccc(/C=[N+](/O)C(C)C)s1. The maximum atomic E-state index is 9.57. The third-order valence-electron chi connectivity index (χ3n) is 2.22. The second-order valence-electron chi connectivity index (χ2n) is 4.45. The molecular formula is C12H20N2O2S+2. The zero-order chi connectivity index (χ0) is 13.0. The van der Waals surface area contributed by atoms with Crippen LogP contribution < -0.4 is 0 Å². The maximum absolute atomic E-state index is 9.57. The third-order valence-corrected chi connectivity index (χ3v) is 3.18. The Morgan fingerprint density at radius 3 is 1.59 bits per heavy atom. The summed E-state index contributed by atoms with van der Waals surface area (Å²) in [7, 11) is 0. The van der Waals surface area contributed by atoms with Gasteiger partial charge in [0.15, 0.2) is 12.1 Å². The molecule has 2 N–H and O–H groups in total. The van der Waals surface area contributed by atoms with Crippen LogP contribution in [0.1, 0.15) is 37.4 Å². The first-order chi connectivity index (χ1) is 7.90. The van der Waals surface area contributed by atoms with Gasteiger partial charge in [-0.1, -0.05) is 0 Å². The molecule has 1 rings (SSSR count). The molecule has 1 heterocycles. The van der Waals surface area contributed by atoms with Crippen LogP contribution in [0.3, 0.4) is 0 Å². The molecule has 0 aliphatic heterocycles. The lowest BCUT2D eigenvalue weighted by Crippen LogP contribution is -2.17. The number of thiophene rings is 1. The summed E-state index contributed by atoms with van der Waals surface area (Å²) in [5.41, 5.74) is 0. The lowest BCUT2D eigenvalue weighted by molar-refractivity contribution is -0.791. The first-order valence-electron chi connectivity index (χ1n) is 5.64. The third kappa shape index (κ3) is 4.19. The van der Waals surface area contributed by atoms with Crippen LogP contribution in [0.5, 0.6) is 0 Å². The second-order valence-corrected chi connectivity index (χ2v) is 5.59. The minimum Gasteiger partial charge on any atom is -0.291 e. The Kier molecular flexibility index (Phi) is 4.69. The maximum Gasteiger partial charge on any atom is 0.232 e. The van der Waals surface area contributed by atoms with Gasteiger partial charge >= 0.3 is 0 Å². The van der Waals surface area contributed by atoms with Crippen molar-refractivity contribution in [3.63, 3.8) is 0 Å². The molecular weight excluding hydrogens is 236 g/mol. The lowest BCUT2D eigenvalue weighted by atomic mass is 10.4. The van der Waals surface area contributed by atoms with Gasteiger partial charge in [-0.2, -0.15) is 0 Å². The Morgan fingerprint density at radius 1 is 0.941 bits per heavy atom. The van der Waals surface area contributed by atoms with Gasteiger partial charge in [-0.25, -0.2) is 0 Å². The molecule has 0 atom stereocenters. The number of nitrogens with zero attached hydrogens (tertiary/aromatic N) is 2. The second kappa shape index (κ2) is 5.82. The van der Waals surface area contributed by atoms with Gasteiger partial charge in [0.25, 0.3) is 0 Å². The summed E-state index contributed by atoms with van der Waals surface area (Å²) in [4.78, 5) is 1.90. The molecule has 0 radical (unpaired) electrons. The fourth-order valence-electron chi connectivity index (χ4n) is 1.07. The number of hydroxylamine groups is 2. The molecule has 0 aliphatic rings. The summed E-state index contributed by atoms with van der Waals surface area (Å²) >= 11 is 1.51. The van der Waals surface area contributed by atoms with Crippen LogP contribution in [0.4, 0.5) is 0 Å². The highest BCUT2D eigenvalue weighted by Gasteiger charge is 2.11.